The van der Waals surface area contributed by atoms with Crippen LogP contribution in [0, 0.1) is 5.92 Å². The molecule has 1 aliphatic rings. The Morgan fingerprint density at radius 2 is 2.53 bits per heavy atom. The highest BCUT2D eigenvalue weighted by Gasteiger charge is 2.14. The molecular weight excluding hydrogens is 277 g/mol. The number of rotatable bonds is 3. The van der Waals surface area contributed by atoms with Crippen LogP contribution in [0.5, 0.6) is 0 Å². The Bertz CT molecular complexity index is 339. The summed E-state index contributed by atoms with van der Waals surface area (Å²) in [5.74, 6) is 1.46. The van der Waals surface area contributed by atoms with E-state index < -0.39 is 0 Å². The molecule has 2 N–H and O–H groups in total. The van der Waals surface area contributed by atoms with Crippen molar-refractivity contribution in [1.82, 2.24) is 10.3 Å². The number of nitrogens with one attached hydrogen (secondary N) is 2. The van der Waals surface area contributed by atoms with E-state index in [2.05, 4.69) is 31.5 Å². The van der Waals surface area contributed by atoms with Crippen LogP contribution in [0.15, 0.2) is 16.7 Å². The summed E-state index contributed by atoms with van der Waals surface area (Å²) in [6.45, 7) is 3.14. The zero-order chi connectivity index (χ0) is 10.7. The van der Waals surface area contributed by atoms with E-state index in [0.717, 1.165) is 29.9 Å². The van der Waals surface area contributed by atoms with Crippen LogP contribution in [0.1, 0.15) is 6.42 Å². The van der Waals surface area contributed by atoms with Gasteiger partial charge in [-0.05, 0) is 47.4 Å². The number of halogens is 2. The second kappa shape index (κ2) is 5.14. The van der Waals surface area contributed by atoms with Gasteiger partial charge in [-0.15, -0.1) is 0 Å². The maximum Gasteiger partial charge on any atom is 0.144 e. The standard InChI is InChI=1S/C10H13BrClN3/c11-8-3-9(12)10(15-6-8)14-5-7-1-2-13-4-7/h3,6-7,13H,1-2,4-5H2,(H,14,15). The minimum absolute atomic E-state index is 0.662. The molecule has 1 unspecified atom stereocenters. The van der Waals surface area contributed by atoms with Gasteiger partial charge in [-0.3, -0.25) is 0 Å². The summed E-state index contributed by atoms with van der Waals surface area (Å²) in [4.78, 5) is 4.23. The van der Waals surface area contributed by atoms with Crippen molar-refractivity contribution in [2.45, 2.75) is 6.42 Å². The van der Waals surface area contributed by atoms with E-state index in [1.54, 1.807) is 6.20 Å². The van der Waals surface area contributed by atoms with Gasteiger partial charge in [0.1, 0.15) is 5.82 Å². The number of hydrogen-bond donors (Lipinski definition) is 2. The zero-order valence-electron chi connectivity index (χ0n) is 8.26. The SMILES string of the molecule is Clc1cc(Br)cnc1NCC1CCNC1. The molecule has 15 heavy (non-hydrogen) atoms. The minimum atomic E-state index is 0.662. The summed E-state index contributed by atoms with van der Waals surface area (Å²) in [5.41, 5.74) is 0. The van der Waals surface area contributed by atoms with Crippen LogP contribution in [-0.2, 0) is 0 Å². The van der Waals surface area contributed by atoms with Crippen LogP contribution < -0.4 is 10.6 Å². The molecule has 2 heterocycles. The minimum Gasteiger partial charge on any atom is -0.369 e. The Morgan fingerprint density at radius 3 is 3.20 bits per heavy atom. The topological polar surface area (TPSA) is 37.0 Å². The quantitative estimate of drug-likeness (QED) is 0.898. The summed E-state index contributed by atoms with van der Waals surface area (Å²) in [5, 5.41) is 7.27. The lowest BCUT2D eigenvalue weighted by atomic mass is 10.1. The molecular formula is C10H13BrClN3. The van der Waals surface area contributed by atoms with Crippen molar-refractivity contribution >= 4 is 33.3 Å². The Morgan fingerprint density at radius 1 is 1.67 bits per heavy atom. The molecule has 1 saturated heterocycles. The van der Waals surface area contributed by atoms with Gasteiger partial charge in [-0.2, -0.15) is 0 Å². The molecule has 5 heteroatoms. The average molecular weight is 291 g/mol. The molecule has 0 radical (unpaired) electrons. The second-order valence-corrected chi connectivity index (χ2v) is 5.05. The zero-order valence-corrected chi connectivity index (χ0v) is 10.6. The lowest BCUT2D eigenvalue weighted by Crippen LogP contribution is -2.17. The summed E-state index contributed by atoms with van der Waals surface area (Å²) in [7, 11) is 0. The highest BCUT2D eigenvalue weighted by molar-refractivity contribution is 9.10. The van der Waals surface area contributed by atoms with Crippen LogP contribution in [0.2, 0.25) is 5.02 Å². The molecule has 1 aromatic rings. The van der Waals surface area contributed by atoms with E-state index in [1.807, 2.05) is 6.07 Å². The molecule has 1 aliphatic heterocycles. The summed E-state index contributed by atoms with van der Waals surface area (Å²) in [6.07, 6.45) is 2.97. The number of pyridine rings is 1. The molecule has 3 nitrogen and oxygen atoms in total. The monoisotopic (exact) mass is 289 g/mol. The Labute approximate surface area is 103 Å². The first-order valence-electron chi connectivity index (χ1n) is 5.01. The van der Waals surface area contributed by atoms with Gasteiger partial charge in [-0.1, -0.05) is 11.6 Å². The lowest BCUT2D eigenvalue weighted by molar-refractivity contribution is 0.614. The van der Waals surface area contributed by atoms with Crippen LogP contribution >= 0.6 is 27.5 Å². The summed E-state index contributed by atoms with van der Waals surface area (Å²) >= 11 is 9.37. The molecule has 0 amide bonds. The normalized spacial score (nSPS) is 20.5. The lowest BCUT2D eigenvalue weighted by Gasteiger charge is -2.11. The van der Waals surface area contributed by atoms with Crippen molar-refractivity contribution in [2.24, 2.45) is 5.92 Å². The predicted octanol–water partition coefficient (Wildman–Crippen LogP) is 2.52. The Kier molecular flexibility index (Phi) is 3.83. The van der Waals surface area contributed by atoms with Gasteiger partial charge in [0.2, 0.25) is 0 Å². The summed E-state index contributed by atoms with van der Waals surface area (Å²) < 4.78 is 0.903. The van der Waals surface area contributed by atoms with Crippen molar-refractivity contribution in [3.05, 3.63) is 21.8 Å². The smallest absolute Gasteiger partial charge is 0.144 e. The maximum atomic E-state index is 6.04. The van der Waals surface area contributed by atoms with Crippen LogP contribution in [0.4, 0.5) is 5.82 Å². The van der Waals surface area contributed by atoms with E-state index >= 15 is 0 Å². The fraction of sp³-hybridized carbons (Fsp3) is 0.500. The van der Waals surface area contributed by atoms with Gasteiger partial charge in [0.15, 0.2) is 0 Å². The number of anilines is 1. The molecule has 0 aliphatic carbocycles. The molecule has 82 valence electrons. The van der Waals surface area contributed by atoms with Crippen LogP contribution in [-0.4, -0.2) is 24.6 Å². The molecule has 0 bridgehead atoms. The molecule has 0 aromatic carbocycles. The summed E-state index contributed by atoms with van der Waals surface area (Å²) in [6, 6.07) is 1.85. The van der Waals surface area contributed by atoms with Crippen molar-refractivity contribution in [1.29, 1.82) is 0 Å². The van der Waals surface area contributed by atoms with Crippen molar-refractivity contribution in [2.75, 3.05) is 25.0 Å². The molecule has 0 spiro atoms. The van der Waals surface area contributed by atoms with E-state index in [4.69, 9.17) is 11.6 Å². The maximum absolute atomic E-state index is 6.04. The third-order valence-electron chi connectivity index (χ3n) is 2.53. The first-order chi connectivity index (χ1) is 7.25. The molecule has 1 atom stereocenters. The Hall–Kier alpha value is -0.320. The molecule has 2 rings (SSSR count). The van der Waals surface area contributed by atoms with Gasteiger partial charge in [0.05, 0.1) is 5.02 Å². The molecule has 1 fully saturated rings. The van der Waals surface area contributed by atoms with Gasteiger partial charge >= 0.3 is 0 Å². The van der Waals surface area contributed by atoms with Gasteiger partial charge in [0.25, 0.3) is 0 Å². The van der Waals surface area contributed by atoms with Crippen molar-refractivity contribution < 1.29 is 0 Å². The van der Waals surface area contributed by atoms with Gasteiger partial charge < -0.3 is 10.6 Å². The predicted molar refractivity (Wildman–Crippen MR) is 66.4 cm³/mol. The van der Waals surface area contributed by atoms with Crippen LogP contribution in [0.25, 0.3) is 0 Å². The number of hydrogen-bond acceptors (Lipinski definition) is 3. The first-order valence-corrected chi connectivity index (χ1v) is 6.18. The highest BCUT2D eigenvalue weighted by atomic mass is 79.9. The fourth-order valence-corrected chi connectivity index (χ4v) is 2.37. The fourth-order valence-electron chi connectivity index (χ4n) is 1.67. The van der Waals surface area contributed by atoms with Crippen molar-refractivity contribution in [3.63, 3.8) is 0 Å². The van der Waals surface area contributed by atoms with E-state index in [9.17, 15) is 0 Å². The van der Waals surface area contributed by atoms with Crippen LogP contribution in [0.3, 0.4) is 0 Å². The first kappa shape index (κ1) is 11.2. The van der Waals surface area contributed by atoms with Gasteiger partial charge in [-0.25, -0.2) is 4.98 Å². The number of nitrogens with zero attached hydrogens (tertiary/aromatic N) is 1. The highest BCUT2D eigenvalue weighted by Crippen LogP contribution is 2.23. The largest absolute Gasteiger partial charge is 0.369 e. The van der Waals surface area contributed by atoms with E-state index in [-0.39, 0.29) is 0 Å². The average Bonchev–Trinajstić information content (AvgIpc) is 2.69. The van der Waals surface area contributed by atoms with E-state index in [1.165, 1.54) is 6.42 Å². The Balaban J connectivity index is 1.92. The van der Waals surface area contributed by atoms with E-state index in [0.29, 0.717) is 10.9 Å². The molecule has 1 aromatic heterocycles. The molecule has 0 saturated carbocycles. The third-order valence-corrected chi connectivity index (χ3v) is 3.25. The third kappa shape index (κ3) is 3.06. The van der Waals surface area contributed by atoms with Crippen molar-refractivity contribution in [3.8, 4) is 0 Å². The van der Waals surface area contributed by atoms with Gasteiger partial charge in [0, 0.05) is 17.2 Å². The number of aromatic nitrogens is 1. The second-order valence-electron chi connectivity index (χ2n) is 3.72.